The van der Waals surface area contributed by atoms with Crippen LogP contribution in [0.5, 0.6) is 0 Å². The molecule has 0 saturated carbocycles. The number of halogens is 2. The summed E-state index contributed by atoms with van der Waals surface area (Å²) in [6.45, 7) is 3.78. The Morgan fingerprint density at radius 3 is 2.69 bits per heavy atom. The van der Waals surface area contributed by atoms with Gasteiger partial charge in [-0.3, -0.25) is 9.69 Å². The number of hydrogen-bond donors (Lipinski definition) is 1. The van der Waals surface area contributed by atoms with Crippen molar-refractivity contribution in [2.45, 2.75) is 32.5 Å². The Kier molecular flexibility index (Phi) is 5.39. The van der Waals surface area contributed by atoms with Crippen molar-refractivity contribution < 1.29 is 18.0 Å². The predicted octanol–water partition coefficient (Wildman–Crippen LogP) is 2.70. The van der Waals surface area contributed by atoms with E-state index in [-0.39, 0.29) is 29.8 Å². The van der Waals surface area contributed by atoms with Gasteiger partial charge in [0.05, 0.1) is 12.3 Å². The van der Waals surface area contributed by atoms with Crippen LogP contribution in [0.1, 0.15) is 40.7 Å². The molecule has 0 saturated heterocycles. The first-order chi connectivity index (χ1) is 14.0. The van der Waals surface area contributed by atoms with E-state index in [1.165, 1.54) is 24.5 Å². The number of nitrogens with zero attached hydrogens (tertiary/aromatic N) is 4. The summed E-state index contributed by atoms with van der Waals surface area (Å²) in [5.74, 6) is 0.248. The summed E-state index contributed by atoms with van der Waals surface area (Å²) < 4.78 is 35.0. The van der Waals surface area contributed by atoms with Crippen LogP contribution < -0.4 is 5.32 Å². The van der Waals surface area contributed by atoms with Gasteiger partial charge in [0.25, 0.3) is 5.91 Å². The number of amides is 1. The maximum atomic E-state index is 14.0. The molecule has 29 heavy (non-hydrogen) atoms. The quantitative estimate of drug-likeness (QED) is 0.712. The topological polar surface area (TPSA) is 76.2 Å². The molecule has 1 amide bonds. The van der Waals surface area contributed by atoms with Crippen LogP contribution in [-0.2, 0) is 19.5 Å². The summed E-state index contributed by atoms with van der Waals surface area (Å²) in [6, 6.07) is 6.77. The number of rotatable bonds is 5. The zero-order chi connectivity index (χ0) is 20.4. The molecule has 152 valence electrons. The Labute approximate surface area is 166 Å². The molecule has 7 nitrogen and oxygen atoms in total. The van der Waals surface area contributed by atoms with Gasteiger partial charge in [0.15, 0.2) is 11.6 Å². The van der Waals surface area contributed by atoms with Gasteiger partial charge in [0, 0.05) is 38.2 Å². The second kappa shape index (κ2) is 8.12. The van der Waals surface area contributed by atoms with Gasteiger partial charge in [0.2, 0.25) is 0 Å². The van der Waals surface area contributed by atoms with Crippen LogP contribution in [0, 0.1) is 11.6 Å². The lowest BCUT2D eigenvalue weighted by Crippen LogP contribution is -2.30. The first kappa shape index (κ1) is 19.3. The van der Waals surface area contributed by atoms with Crippen molar-refractivity contribution in [2.75, 3.05) is 13.1 Å². The van der Waals surface area contributed by atoms with Gasteiger partial charge in [-0.2, -0.15) is 0 Å². The molecular weight excluding hydrogens is 380 g/mol. The molecule has 0 spiro atoms. The molecule has 1 unspecified atom stereocenters. The number of benzene rings is 1. The van der Waals surface area contributed by atoms with Crippen molar-refractivity contribution in [1.29, 1.82) is 0 Å². The highest BCUT2D eigenvalue weighted by atomic mass is 19.1. The van der Waals surface area contributed by atoms with E-state index in [1.54, 1.807) is 12.1 Å². The molecule has 0 radical (unpaired) electrons. The molecule has 0 bridgehead atoms. The minimum atomic E-state index is -0.538. The molecule has 1 aliphatic rings. The van der Waals surface area contributed by atoms with Gasteiger partial charge in [-0.25, -0.2) is 8.78 Å². The van der Waals surface area contributed by atoms with Crippen LogP contribution in [0.2, 0.25) is 0 Å². The third-order valence-electron chi connectivity index (χ3n) is 5.07. The predicted molar refractivity (Wildman–Crippen MR) is 100.0 cm³/mol. The third kappa shape index (κ3) is 4.04. The van der Waals surface area contributed by atoms with Crippen LogP contribution in [0.15, 0.2) is 41.0 Å². The zero-order valence-corrected chi connectivity index (χ0v) is 15.9. The summed E-state index contributed by atoms with van der Waals surface area (Å²) >= 11 is 0. The Morgan fingerprint density at radius 2 is 1.97 bits per heavy atom. The Hall–Kier alpha value is -3.07. The number of nitrogens with one attached hydrogen (secondary N) is 1. The van der Waals surface area contributed by atoms with E-state index in [1.807, 2.05) is 16.4 Å². The number of aromatic nitrogens is 3. The molecule has 4 rings (SSSR count). The second-order valence-electron chi connectivity index (χ2n) is 7.02. The van der Waals surface area contributed by atoms with Crippen LogP contribution in [0.4, 0.5) is 8.78 Å². The van der Waals surface area contributed by atoms with Crippen LogP contribution in [-0.4, -0.2) is 38.7 Å². The summed E-state index contributed by atoms with van der Waals surface area (Å²) in [4.78, 5) is 14.2. The molecule has 3 aromatic rings. The van der Waals surface area contributed by atoms with Crippen LogP contribution in [0.3, 0.4) is 0 Å². The standard InChI is InChI=1S/C20H21F2N5O2/c1-13(23-20(28)17-6-3-11-29-17)19-25-24-18-7-8-26(9-10-27(18)19)12-14-15(21)4-2-5-16(14)22/h2-6,11,13H,7-10,12H2,1H3,(H,23,28). The normalized spacial score (nSPS) is 15.6. The fraction of sp³-hybridized carbons (Fsp3) is 0.350. The Morgan fingerprint density at radius 1 is 1.17 bits per heavy atom. The monoisotopic (exact) mass is 401 g/mol. The van der Waals surface area contributed by atoms with Crippen LogP contribution in [0.25, 0.3) is 0 Å². The minimum absolute atomic E-state index is 0.0736. The van der Waals surface area contributed by atoms with E-state index in [0.717, 1.165) is 5.82 Å². The van der Waals surface area contributed by atoms with Gasteiger partial charge < -0.3 is 14.3 Å². The highest BCUT2D eigenvalue weighted by Gasteiger charge is 2.24. The maximum Gasteiger partial charge on any atom is 0.287 e. The fourth-order valence-electron chi connectivity index (χ4n) is 3.51. The van der Waals surface area contributed by atoms with Crippen molar-refractivity contribution in [1.82, 2.24) is 25.0 Å². The average Bonchev–Trinajstić information content (AvgIpc) is 3.33. The molecule has 9 heteroatoms. The zero-order valence-electron chi connectivity index (χ0n) is 15.9. The van der Waals surface area contributed by atoms with Crippen molar-refractivity contribution in [3.8, 4) is 0 Å². The molecule has 1 N–H and O–H groups in total. The molecule has 0 fully saturated rings. The summed E-state index contributed by atoms with van der Waals surface area (Å²) in [5.41, 5.74) is 0.0736. The number of hydrogen-bond acceptors (Lipinski definition) is 5. The largest absolute Gasteiger partial charge is 0.459 e. The molecule has 3 heterocycles. The maximum absolute atomic E-state index is 14.0. The molecule has 1 aliphatic heterocycles. The van der Waals surface area contributed by atoms with Crippen LogP contribution >= 0.6 is 0 Å². The van der Waals surface area contributed by atoms with Gasteiger partial charge in [-0.05, 0) is 31.2 Å². The SMILES string of the molecule is CC(NC(=O)c1ccco1)c1nnc2n1CCN(Cc1c(F)cccc1F)CC2. The van der Waals surface area contributed by atoms with E-state index >= 15 is 0 Å². The number of fused-ring (bicyclic) bond motifs is 1. The van der Waals surface area contributed by atoms with E-state index in [9.17, 15) is 13.6 Å². The molecule has 2 aromatic heterocycles. The van der Waals surface area contributed by atoms with Crippen molar-refractivity contribution >= 4 is 5.91 Å². The summed E-state index contributed by atoms with van der Waals surface area (Å²) in [7, 11) is 0. The third-order valence-corrected chi connectivity index (χ3v) is 5.07. The van der Waals surface area contributed by atoms with Crippen molar-refractivity contribution in [2.24, 2.45) is 0 Å². The highest BCUT2D eigenvalue weighted by Crippen LogP contribution is 2.19. The van der Waals surface area contributed by atoms with Gasteiger partial charge in [0.1, 0.15) is 17.5 Å². The number of furan rings is 1. The van der Waals surface area contributed by atoms with E-state index in [0.29, 0.717) is 31.9 Å². The summed E-state index contributed by atoms with van der Waals surface area (Å²) in [6.07, 6.45) is 2.04. The lowest BCUT2D eigenvalue weighted by atomic mass is 10.2. The van der Waals surface area contributed by atoms with Gasteiger partial charge in [-0.1, -0.05) is 6.07 Å². The lowest BCUT2D eigenvalue weighted by molar-refractivity contribution is 0.0909. The number of carbonyl (C=O) groups is 1. The molecular formula is C20H21F2N5O2. The second-order valence-corrected chi connectivity index (χ2v) is 7.02. The van der Waals surface area contributed by atoms with E-state index in [4.69, 9.17) is 4.42 Å². The average molecular weight is 401 g/mol. The van der Waals surface area contributed by atoms with Gasteiger partial charge in [-0.15, -0.1) is 10.2 Å². The first-order valence-corrected chi connectivity index (χ1v) is 9.44. The number of carbonyl (C=O) groups excluding carboxylic acids is 1. The van der Waals surface area contributed by atoms with E-state index < -0.39 is 11.6 Å². The molecule has 0 aliphatic carbocycles. The molecule has 1 atom stereocenters. The van der Waals surface area contributed by atoms with Gasteiger partial charge >= 0.3 is 0 Å². The smallest absolute Gasteiger partial charge is 0.287 e. The lowest BCUT2D eigenvalue weighted by Gasteiger charge is -2.20. The van der Waals surface area contributed by atoms with E-state index in [2.05, 4.69) is 15.5 Å². The summed E-state index contributed by atoms with van der Waals surface area (Å²) in [5, 5.41) is 11.3. The fourth-order valence-corrected chi connectivity index (χ4v) is 3.51. The van der Waals surface area contributed by atoms with Crippen molar-refractivity contribution in [3.63, 3.8) is 0 Å². The molecule has 1 aromatic carbocycles. The minimum Gasteiger partial charge on any atom is -0.459 e. The Bertz CT molecular complexity index is 982. The Balaban J connectivity index is 1.44. The van der Waals surface area contributed by atoms with Crippen molar-refractivity contribution in [3.05, 3.63) is 71.2 Å². The first-order valence-electron chi connectivity index (χ1n) is 9.44. The highest BCUT2D eigenvalue weighted by molar-refractivity contribution is 5.91.